The minimum Gasteiger partial charge on any atom is -0.365 e. The van der Waals surface area contributed by atoms with Crippen LogP contribution in [0.25, 0.3) is 0 Å². The van der Waals surface area contributed by atoms with Crippen LogP contribution in [0.15, 0.2) is 30.5 Å². The van der Waals surface area contributed by atoms with Gasteiger partial charge in [0.2, 0.25) is 12.4 Å². The van der Waals surface area contributed by atoms with Crippen LogP contribution < -0.4 is 22.1 Å². The van der Waals surface area contributed by atoms with E-state index in [9.17, 15) is 13.6 Å². The summed E-state index contributed by atoms with van der Waals surface area (Å²) in [4.78, 5) is 19.7. The first-order valence-electron chi connectivity index (χ1n) is 7.63. The Morgan fingerprint density at radius 2 is 1.96 bits per heavy atom. The zero-order chi connectivity index (χ0) is 18.4. The molecule has 6 N–H and O–H groups in total. The Morgan fingerprint density at radius 3 is 2.56 bits per heavy atom. The highest BCUT2D eigenvalue weighted by Crippen LogP contribution is 2.20. The number of hydrogen-bond donors (Lipinski definition) is 4. The van der Waals surface area contributed by atoms with Gasteiger partial charge in [0.15, 0.2) is 0 Å². The highest BCUT2D eigenvalue weighted by Gasteiger charge is 2.14. The van der Waals surface area contributed by atoms with E-state index in [1.807, 2.05) is 31.2 Å². The second-order valence-corrected chi connectivity index (χ2v) is 5.58. The maximum absolute atomic E-state index is 12.3. The van der Waals surface area contributed by atoms with Crippen molar-refractivity contribution in [1.29, 1.82) is 0 Å². The molecular formula is C16H20F2N6O. The van der Waals surface area contributed by atoms with E-state index in [2.05, 4.69) is 20.6 Å². The van der Waals surface area contributed by atoms with Crippen LogP contribution >= 0.6 is 0 Å². The molecule has 0 spiro atoms. The van der Waals surface area contributed by atoms with E-state index < -0.39 is 24.8 Å². The molecule has 7 nitrogen and oxygen atoms in total. The molecule has 0 aliphatic rings. The van der Waals surface area contributed by atoms with Crippen molar-refractivity contribution in [3.05, 3.63) is 41.6 Å². The highest BCUT2D eigenvalue weighted by molar-refractivity contribution is 5.98. The van der Waals surface area contributed by atoms with Crippen LogP contribution in [0.5, 0.6) is 0 Å². The van der Waals surface area contributed by atoms with Gasteiger partial charge in [-0.3, -0.25) is 4.79 Å². The number of amides is 1. The molecule has 0 fully saturated rings. The molecular weight excluding hydrogens is 330 g/mol. The number of aromatic nitrogens is 2. The Balaban J connectivity index is 2.15. The molecule has 1 aromatic heterocycles. The van der Waals surface area contributed by atoms with Crippen molar-refractivity contribution >= 4 is 23.4 Å². The zero-order valence-corrected chi connectivity index (χ0v) is 13.7. The molecule has 1 heterocycles. The van der Waals surface area contributed by atoms with Crippen LogP contribution in [-0.2, 0) is 0 Å². The van der Waals surface area contributed by atoms with Gasteiger partial charge in [-0.15, -0.1) is 0 Å². The Hall–Kier alpha value is -2.81. The molecule has 0 aliphatic carbocycles. The molecule has 0 bridgehead atoms. The molecule has 1 amide bonds. The Labute approximate surface area is 143 Å². The summed E-state index contributed by atoms with van der Waals surface area (Å²) < 4.78 is 24.6. The normalized spacial score (nSPS) is 12.0. The number of nitrogens with zero attached hydrogens (tertiary/aromatic N) is 2. The molecule has 25 heavy (non-hydrogen) atoms. The molecule has 1 aromatic carbocycles. The maximum atomic E-state index is 12.3. The summed E-state index contributed by atoms with van der Waals surface area (Å²) in [6.07, 6.45) is -1.64. The van der Waals surface area contributed by atoms with Crippen molar-refractivity contribution in [3.8, 4) is 0 Å². The van der Waals surface area contributed by atoms with E-state index in [-0.39, 0.29) is 23.9 Å². The minimum absolute atomic E-state index is 0.0736. The zero-order valence-electron chi connectivity index (χ0n) is 13.7. The summed E-state index contributed by atoms with van der Waals surface area (Å²) in [6.45, 7) is 2.03. The molecule has 2 aromatic rings. The van der Waals surface area contributed by atoms with Crippen molar-refractivity contribution in [3.63, 3.8) is 0 Å². The number of nitrogens with one attached hydrogen (secondary N) is 2. The standard InChI is InChI=1S/C16H20F2N6O/c1-9-2-4-11(5-3-9)23-15-12(14(20)25)8-22-16(24-15)21-7-10(19)6-13(17)18/h2-5,8,10,13H,6-7,19H2,1H3,(H2,20,25)(H2,21,22,23,24). The van der Waals surface area contributed by atoms with E-state index >= 15 is 0 Å². The van der Waals surface area contributed by atoms with Crippen LogP contribution in [0.3, 0.4) is 0 Å². The molecule has 2 rings (SSSR count). The third kappa shape index (κ3) is 5.64. The number of primary amides is 1. The SMILES string of the molecule is Cc1ccc(Nc2nc(NCC(N)CC(F)F)ncc2C(N)=O)cc1. The number of nitrogens with two attached hydrogens (primary N) is 2. The van der Waals surface area contributed by atoms with Crippen molar-refractivity contribution in [2.45, 2.75) is 25.8 Å². The summed E-state index contributed by atoms with van der Waals surface area (Å²) in [6, 6.07) is 6.71. The van der Waals surface area contributed by atoms with E-state index in [0.29, 0.717) is 5.69 Å². The number of hydrogen-bond acceptors (Lipinski definition) is 6. The van der Waals surface area contributed by atoms with Crippen LogP contribution in [0, 0.1) is 6.92 Å². The molecule has 9 heteroatoms. The predicted octanol–water partition coefficient (Wildman–Crippen LogP) is 2.02. The van der Waals surface area contributed by atoms with Gasteiger partial charge in [-0.25, -0.2) is 13.8 Å². The van der Waals surface area contributed by atoms with E-state index in [1.54, 1.807) is 0 Å². The second kappa shape index (κ2) is 8.34. The first kappa shape index (κ1) is 18.5. The largest absolute Gasteiger partial charge is 0.365 e. The van der Waals surface area contributed by atoms with Crippen LogP contribution in [0.2, 0.25) is 0 Å². The number of halogens is 2. The third-order valence-corrected chi connectivity index (χ3v) is 3.37. The van der Waals surface area contributed by atoms with Gasteiger partial charge in [0, 0.05) is 30.9 Å². The number of rotatable bonds is 8. The average Bonchev–Trinajstić information content (AvgIpc) is 2.54. The van der Waals surface area contributed by atoms with Crippen molar-refractivity contribution in [2.75, 3.05) is 17.2 Å². The molecule has 0 radical (unpaired) electrons. The van der Waals surface area contributed by atoms with E-state index in [1.165, 1.54) is 6.20 Å². The summed E-state index contributed by atoms with van der Waals surface area (Å²) in [7, 11) is 0. The van der Waals surface area contributed by atoms with Gasteiger partial charge in [-0.2, -0.15) is 4.98 Å². The van der Waals surface area contributed by atoms with Crippen molar-refractivity contribution in [1.82, 2.24) is 9.97 Å². The summed E-state index contributed by atoms with van der Waals surface area (Å²) >= 11 is 0. The summed E-state index contributed by atoms with van der Waals surface area (Å²) in [5, 5.41) is 5.78. The fourth-order valence-corrected chi connectivity index (χ4v) is 2.05. The lowest BCUT2D eigenvalue weighted by atomic mass is 10.2. The van der Waals surface area contributed by atoms with Gasteiger partial charge >= 0.3 is 0 Å². The van der Waals surface area contributed by atoms with E-state index in [0.717, 1.165) is 5.56 Å². The second-order valence-electron chi connectivity index (χ2n) is 5.58. The number of anilines is 3. The third-order valence-electron chi connectivity index (χ3n) is 3.37. The number of alkyl halides is 2. The molecule has 1 atom stereocenters. The molecule has 0 saturated heterocycles. The van der Waals surface area contributed by atoms with Gasteiger partial charge in [-0.05, 0) is 19.1 Å². The molecule has 0 saturated carbocycles. The number of aryl methyl sites for hydroxylation is 1. The molecule has 134 valence electrons. The number of benzene rings is 1. The van der Waals surface area contributed by atoms with E-state index in [4.69, 9.17) is 11.5 Å². The fourth-order valence-electron chi connectivity index (χ4n) is 2.05. The van der Waals surface area contributed by atoms with Gasteiger partial charge in [0.05, 0.1) is 0 Å². The van der Waals surface area contributed by atoms with Crippen molar-refractivity contribution < 1.29 is 13.6 Å². The van der Waals surface area contributed by atoms with Gasteiger partial charge in [0.1, 0.15) is 11.4 Å². The monoisotopic (exact) mass is 350 g/mol. The number of carbonyl (C=O) groups is 1. The van der Waals surface area contributed by atoms with Crippen LogP contribution in [-0.4, -0.2) is 34.9 Å². The smallest absolute Gasteiger partial charge is 0.254 e. The van der Waals surface area contributed by atoms with Gasteiger partial charge in [-0.1, -0.05) is 17.7 Å². The first-order valence-corrected chi connectivity index (χ1v) is 7.63. The van der Waals surface area contributed by atoms with Crippen LogP contribution in [0.4, 0.5) is 26.2 Å². The summed E-state index contributed by atoms with van der Waals surface area (Å²) in [5.74, 6) is -0.309. The fraction of sp³-hybridized carbons (Fsp3) is 0.312. The average molecular weight is 350 g/mol. The van der Waals surface area contributed by atoms with Gasteiger partial charge in [0.25, 0.3) is 5.91 Å². The first-order chi connectivity index (χ1) is 11.8. The molecule has 1 unspecified atom stereocenters. The summed E-state index contributed by atoms with van der Waals surface area (Å²) in [5.41, 5.74) is 12.8. The predicted molar refractivity (Wildman–Crippen MR) is 92.1 cm³/mol. The Morgan fingerprint density at radius 1 is 1.28 bits per heavy atom. The quantitative estimate of drug-likeness (QED) is 0.578. The minimum atomic E-state index is -2.48. The highest BCUT2D eigenvalue weighted by atomic mass is 19.3. The lowest BCUT2D eigenvalue weighted by Crippen LogP contribution is -2.31. The van der Waals surface area contributed by atoms with Gasteiger partial charge < -0.3 is 22.1 Å². The lowest BCUT2D eigenvalue weighted by molar-refractivity contribution is 0.100. The lowest BCUT2D eigenvalue weighted by Gasteiger charge is -2.14. The maximum Gasteiger partial charge on any atom is 0.254 e. The topological polar surface area (TPSA) is 119 Å². The number of carbonyl (C=O) groups excluding carboxylic acids is 1. The van der Waals surface area contributed by atoms with Crippen molar-refractivity contribution in [2.24, 2.45) is 11.5 Å². The van der Waals surface area contributed by atoms with Crippen LogP contribution in [0.1, 0.15) is 22.3 Å². The Bertz CT molecular complexity index is 723. The Kier molecular flexibility index (Phi) is 6.18. The molecule has 0 aliphatic heterocycles.